The molecule has 1 aromatic carbocycles. The molecule has 98 valence electrons. The van der Waals surface area contributed by atoms with Gasteiger partial charge in [-0.2, -0.15) is 0 Å². The zero-order valence-electron chi connectivity index (χ0n) is 11.0. The molecule has 1 aliphatic heterocycles. The van der Waals surface area contributed by atoms with E-state index in [0.29, 0.717) is 11.3 Å². The fourth-order valence-electron chi connectivity index (χ4n) is 2.42. The van der Waals surface area contributed by atoms with Gasteiger partial charge in [-0.1, -0.05) is 13.0 Å². The highest BCUT2D eigenvalue weighted by molar-refractivity contribution is 5.95. The summed E-state index contributed by atoms with van der Waals surface area (Å²) in [4.78, 5) is 14.0. The fourth-order valence-corrected chi connectivity index (χ4v) is 2.42. The van der Waals surface area contributed by atoms with E-state index in [2.05, 4.69) is 11.8 Å². The van der Waals surface area contributed by atoms with Crippen LogP contribution in [0.25, 0.3) is 0 Å². The van der Waals surface area contributed by atoms with E-state index in [0.717, 1.165) is 31.1 Å². The third-order valence-electron chi connectivity index (χ3n) is 3.44. The van der Waals surface area contributed by atoms with Gasteiger partial charge in [0.05, 0.1) is 12.7 Å². The average molecular weight is 248 g/mol. The molecule has 4 heteroatoms. The van der Waals surface area contributed by atoms with Gasteiger partial charge in [0.15, 0.2) is 0 Å². The van der Waals surface area contributed by atoms with E-state index in [9.17, 15) is 4.79 Å². The highest BCUT2D eigenvalue weighted by atomic mass is 16.5. The van der Waals surface area contributed by atoms with Crippen molar-refractivity contribution < 1.29 is 9.53 Å². The van der Waals surface area contributed by atoms with Crippen LogP contribution in [-0.2, 0) is 11.3 Å². The molecular weight excluding hydrogens is 228 g/mol. The van der Waals surface area contributed by atoms with Crippen LogP contribution in [-0.4, -0.2) is 31.1 Å². The molecule has 1 fully saturated rings. The summed E-state index contributed by atoms with van der Waals surface area (Å²) in [5, 5.41) is 0. The smallest absolute Gasteiger partial charge is 0.339 e. The van der Waals surface area contributed by atoms with E-state index in [4.69, 9.17) is 10.5 Å². The lowest BCUT2D eigenvalue weighted by Crippen LogP contribution is -2.20. The summed E-state index contributed by atoms with van der Waals surface area (Å²) in [6, 6.07) is 5.59. The van der Waals surface area contributed by atoms with E-state index in [-0.39, 0.29) is 5.97 Å². The molecule has 0 amide bonds. The number of benzene rings is 1. The topological polar surface area (TPSA) is 55.6 Å². The van der Waals surface area contributed by atoms with Crippen LogP contribution in [0.2, 0.25) is 0 Å². The molecule has 4 nitrogen and oxygen atoms in total. The first kappa shape index (κ1) is 12.9. The number of carbonyl (C=O) groups is 1. The lowest BCUT2D eigenvalue weighted by molar-refractivity contribution is 0.0601. The minimum absolute atomic E-state index is 0.371. The Morgan fingerprint density at radius 3 is 2.94 bits per heavy atom. The van der Waals surface area contributed by atoms with Crippen molar-refractivity contribution >= 4 is 11.7 Å². The number of anilines is 1. The minimum Gasteiger partial charge on any atom is -0.465 e. The largest absolute Gasteiger partial charge is 0.465 e. The fraction of sp³-hybridized carbons (Fsp3) is 0.500. The van der Waals surface area contributed by atoms with Gasteiger partial charge in [-0.25, -0.2) is 4.79 Å². The van der Waals surface area contributed by atoms with Crippen LogP contribution in [0.1, 0.15) is 29.3 Å². The Balaban J connectivity index is 2.12. The number of ether oxygens (including phenoxy) is 1. The number of rotatable bonds is 3. The first-order valence-corrected chi connectivity index (χ1v) is 6.29. The molecule has 2 rings (SSSR count). The molecule has 1 aromatic rings. The summed E-state index contributed by atoms with van der Waals surface area (Å²) in [5.41, 5.74) is 7.82. The monoisotopic (exact) mass is 248 g/mol. The predicted molar refractivity (Wildman–Crippen MR) is 71.3 cm³/mol. The Kier molecular flexibility index (Phi) is 3.87. The first-order chi connectivity index (χ1) is 8.60. The number of carbonyl (C=O) groups excluding carboxylic acids is 1. The molecule has 0 aliphatic carbocycles. The highest BCUT2D eigenvalue weighted by Crippen LogP contribution is 2.20. The molecule has 18 heavy (non-hydrogen) atoms. The quantitative estimate of drug-likeness (QED) is 0.655. The molecular formula is C14H20N2O2. The molecule has 1 aliphatic rings. The van der Waals surface area contributed by atoms with Gasteiger partial charge in [0.1, 0.15) is 0 Å². The average Bonchev–Trinajstić information content (AvgIpc) is 2.76. The second-order valence-corrected chi connectivity index (χ2v) is 5.04. The zero-order chi connectivity index (χ0) is 13.1. The van der Waals surface area contributed by atoms with Gasteiger partial charge in [-0.3, -0.25) is 4.90 Å². The molecule has 0 radical (unpaired) electrons. The summed E-state index contributed by atoms with van der Waals surface area (Å²) < 4.78 is 4.73. The van der Waals surface area contributed by atoms with Crippen molar-refractivity contribution in [1.82, 2.24) is 4.90 Å². The number of methoxy groups -OCH3 is 1. The van der Waals surface area contributed by atoms with Crippen molar-refractivity contribution in [3.05, 3.63) is 29.3 Å². The van der Waals surface area contributed by atoms with Gasteiger partial charge in [0, 0.05) is 18.8 Å². The van der Waals surface area contributed by atoms with Gasteiger partial charge in [-0.05, 0) is 36.6 Å². The molecule has 0 unspecified atom stereocenters. The summed E-state index contributed by atoms with van der Waals surface area (Å²) >= 11 is 0. The Bertz CT molecular complexity index is 445. The number of esters is 1. The predicted octanol–water partition coefficient (Wildman–Crippen LogP) is 1.90. The molecule has 1 saturated heterocycles. The van der Waals surface area contributed by atoms with Crippen molar-refractivity contribution in [3.63, 3.8) is 0 Å². The SMILES string of the molecule is COC(=O)c1cc(CN2CC[C@H](C)C2)ccc1N. The Labute approximate surface area is 108 Å². The van der Waals surface area contributed by atoms with E-state index >= 15 is 0 Å². The van der Waals surface area contributed by atoms with Crippen molar-refractivity contribution in [1.29, 1.82) is 0 Å². The molecule has 0 bridgehead atoms. The van der Waals surface area contributed by atoms with Gasteiger partial charge in [0.2, 0.25) is 0 Å². The van der Waals surface area contributed by atoms with Gasteiger partial charge >= 0.3 is 5.97 Å². The summed E-state index contributed by atoms with van der Waals surface area (Å²) in [7, 11) is 1.37. The molecule has 2 N–H and O–H groups in total. The number of nitrogens with zero attached hydrogens (tertiary/aromatic N) is 1. The van der Waals surface area contributed by atoms with Crippen LogP contribution in [0.15, 0.2) is 18.2 Å². The molecule has 0 saturated carbocycles. The van der Waals surface area contributed by atoms with E-state index in [1.807, 2.05) is 12.1 Å². The summed E-state index contributed by atoms with van der Waals surface area (Å²) in [6.45, 7) is 5.38. The van der Waals surface area contributed by atoms with Crippen molar-refractivity contribution in [2.75, 3.05) is 25.9 Å². The van der Waals surface area contributed by atoms with Crippen LogP contribution < -0.4 is 5.73 Å². The van der Waals surface area contributed by atoms with E-state index < -0.39 is 0 Å². The van der Waals surface area contributed by atoms with Crippen molar-refractivity contribution in [3.8, 4) is 0 Å². The van der Waals surface area contributed by atoms with E-state index in [1.54, 1.807) is 6.07 Å². The first-order valence-electron chi connectivity index (χ1n) is 6.29. The number of hydrogen-bond donors (Lipinski definition) is 1. The maximum atomic E-state index is 11.6. The Morgan fingerprint density at radius 2 is 2.33 bits per heavy atom. The summed E-state index contributed by atoms with van der Waals surface area (Å²) in [6.07, 6.45) is 1.25. The normalized spacial score (nSPS) is 20.0. The lowest BCUT2D eigenvalue weighted by Gasteiger charge is -2.16. The Morgan fingerprint density at radius 1 is 1.56 bits per heavy atom. The highest BCUT2D eigenvalue weighted by Gasteiger charge is 2.19. The number of hydrogen-bond acceptors (Lipinski definition) is 4. The molecule has 1 heterocycles. The van der Waals surface area contributed by atoms with Crippen LogP contribution in [0.4, 0.5) is 5.69 Å². The molecule has 0 aromatic heterocycles. The van der Waals surface area contributed by atoms with Crippen LogP contribution in [0.3, 0.4) is 0 Å². The van der Waals surface area contributed by atoms with E-state index in [1.165, 1.54) is 13.5 Å². The lowest BCUT2D eigenvalue weighted by atomic mass is 10.1. The Hall–Kier alpha value is -1.55. The van der Waals surface area contributed by atoms with Crippen molar-refractivity contribution in [2.24, 2.45) is 5.92 Å². The number of nitrogen functional groups attached to an aromatic ring is 1. The summed E-state index contributed by atoms with van der Waals surface area (Å²) in [5.74, 6) is 0.392. The van der Waals surface area contributed by atoms with Gasteiger partial charge in [-0.15, -0.1) is 0 Å². The third kappa shape index (κ3) is 2.82. The van der Waals surface area contributed by atoms with Gasteiger partial charge < -0.3 is 10.5 Å². The minimum atomic E-state index is -0.371. The van der Waals surface area contributed by atoms with Crippen LogP contribution in [0.5, 0.6) is 0 Å². The second kappa shape index (κ2) is 5.40. The maximum Gasteiger partial charge on any atom is 0.339 e. The number of likely N-dealkylation sites (tertiary alicyclic amines) is 1. The molecule has 1 atom stereocenters. The maximum absolute atomic E-state index is 11.6. The third-order valence-corrected chi connectivity index (χ3v) is 3.44. The number of nitrogens with two attached hydrogens (primary N) is 1. The second-order valence-electron chi connectivity index (χ2n) is 5.04. The standard InChI is InChI=1S/C14H20N2O2/c1-10-5-6-16(8-10)9-11-3-4-13(15)12(7-11)14(17)18-2/h3-4,7,10H,5-6,8-9,15H2,1-2H3/t10-/m0/s1. The van der Waals surface area contributed by atoms with Crippen molar-refractivity contribution in [2.45, 2.75) is 19.9 Å². The zero-order valence-corrected chi connectivity index (χ0v) is 11.0. The molecule has 0 spiro atoms. The van der Waals surface area contributed by atoms with Crippen LogP contribution in [0, 0.1) is 5.92 Å². The van der Waals surface area contributed by atoms with Crippen LogP contribution >= 0.6 is 0 Å². The van der Waals surface area contributed by atoms with Gasteiger partial charge in [0.25, 0.3) is 0 Å².